The van der Waals surface area contributed by atoms with E-state index in [2.05, 4.69) is 10.5 Å². The fourth-order valence-corrected chi connectivity index (χ4v) is 2.60. The third kappa shape index (κ3) is 3.99. The topological polar surface area (TPSA) is 77.0 Å². The molecule has 0 unspecified atom stereocenters. The predicted octanol–water partition coefficient (Wildman–Crippen LogP) is 2.84. The van der Waals surface area contributed by atoms with Gasteiger partial charge in [0.25, 0.3) is 0 Å². The molecule has 0 atom stereocenters. The van der Waals surface area contributed by atoms with Crippen molar-refractivity contribution in [2.75, 3.05) is 7.11 Å². The van der Waals surface area contributed by atoms with Gasteiger partial charge in [0.1, 0.15) is 4.88 Å². The normalized spacial score (nSPS) is 13.7. The lowest BCUT2D eigenvalue weighted by atomic mass is 10.2. The van der Waals surface area contributed by atoms with Crippen LogP contribution in [0.25, 0.3) is 0 Å². The van der Waals surface area contributed by atoms with E-state index in [9.17, 15) is 9.59 Å². The van der Waals surface area contributed by atoms with Gasteiger partial charge in [0.2, 0.25) is 5.91 Å². The fraction of sp³-hybridized carbons (Fsp3) is 0.235. The summed E-state index contributed by atoms with van der Waals surface area (Å²) >= 11 is 1.31. The Labute approximate surface area is 143 Å². The van der Waals surface area contributed by atoms with Gasteiger partial charge in [-0.25, -0.2) is 10.2 Å². The zero-order valence-corrected chi connectivity index (χ0v) is 13.8. The summed E-state index contributed by atoms with van der Waals surface area (Å²) in [5, 5.41) is 5.73. The van der Waals surface area contributed by atoms with Gasteiger partial charge < -0.3 is 9.47 Å². The first-order chi connectivity index (χ1) is 11.7. The summed E-state index contributed by atoms with van der Waals surface area (Å²) in [6.07, 6.45) is 3.38. The number of nitrogens with one attached hydrogen (secondary N) is 1. The van der Waals surface area contributed by atoms with Gasteiger partial charge in [-0.3, -0.25) is 4.79 Å². The van der Waals surface area contributed by atoms with E-state index < -0.39 is 5.97 Å². The molecule has 2 aromatic rings. The maximum atomic E-state index is 12.0. The average Bonchev–Trinajstić information content (AvgIpc) is 3.30. The van der Waals surface area contributed by atoms with E-state index in [0.29, 0.717) is 16.4 Å². The SMILES string of the molecule is COc1cc(/C=N/NC(=O)C2CC2)ccc1OC(=O)c1cccs1. The van der Waals surface area contributed by atoms with Crippen LogP contribution in [-0.4, -0.2) is 25.2 Å². The number of carbonyl (C=O) groups is 2. The number of esters is 1. The molecule has 1 aromatic heterocycles. The highest BCUT2D eigenvalue weighted by molar-refractivity contribution is 7.12. The number of amides is 1. The minimum atomic E-state index is -0.429. The minimum absolute atomic E-state index is 0.0558. The number of hydrogen-bond donors (Lipinski definition) is 1. The Morgan fingerprint density at radius 1 is 1.29 bits per heavy atom. The van der Waals surface area contributed by atoms with Gasteiger partial charge in [0.05, 0.1) is 13.3 Å². The zero-order chi connectivity index (χ0) is 16.9. The van der Waals surface area contributed by atoms with Crippen LogP contribution in [0.3, 0.4) is 0 Å². The highest BCUT2D eigenvalue weighted by Crippen LogP contribution is 2.29. The molecule has 1 fully saturated rings. The average molecular weight is 344 g/mol. The van der Waals surface area contributed by atoms with Crippen molar-refractivity contribution in [1.29, 1.82) is 0 Å². The summed E-state index contributed by atoms with van der Waals surface area (Å²) in [5.41, 5.74) is 3.22. The summed E-state index contributed by atoms with van der Waals surface area (Å²) in [7, 11) is 1.49. The Morgan fingerprint density at radius 2 is 2.12 bits per heavy atom. The number of rotatable bonds is 6. The molecule has 1 aliphatic carbocycles. The van der Waals surface area contributed by atoms with Crippen molar-refractivity contribution >= 4 is 29.4 Å². The quantitative estimate of drug-likeness (QED) is 0.378. The monoisotopic (exact) mass is 344 g/mol. The van der Waals surface area contributed by atoms with Crippen LogP contribution in [-0.2, 0) is 4.79 Å². The molecule has 1 saturated carbocycles. The summed E-state index contributed by atoms with van der Waals surface area (Å²) in [5.74, 6) is 0.365. The molecule has 6 nitrogen and oxygen atoms in total. The molecule has 24 heavy (non-hydrogen) atoms. The maximum absolute atomic E-state index is 12.0. The van der Waals surface area contributed by atoms with E-state index in [0.717, 1.165) is 18.4 Å². The van der Waals surface area contributed by atoms with E-state index in [1.807, 2.05) is 5.38 Å². The first kappa shape index (κ1) is 16.2. The largest absolute Gasteiger partial charge is 0.493 e. The van der Waals surface area contributed by atoms with Crippen LogP contribution in [0.1, 0.15) is 28.1 Å². The molecule has 0 spiro atoms. The summed E-state index contributed by atoms with van der Waals surface area (Å²) in [6, 6.07) is 8.53. The number of thiophene rings is 1. The van der Waals surface area contributed by atoms with E-state index in [-0.39, 0.29) is 11.8 Å². The molecule has 0 saturated heterocycles. The van der Waals surface area contributed by atoms with Crippen molar-refractivity contribution < 1.29 is 19.1 Å². The van der Waals surface area contributed by atoms with Crippen LogP contribution < -0.4 is 14.9 Å². The third-order valence-electron chi connectivity index (χ3n) is 3.45. The van der Waals surface area contributed by atoms with Crippen molar-refractivity contribution in [3.8, 4) is 11.5 Å². The number of benzene rings is 1. The number of carbonyl (C=O) groups excluding carboxylic acids is 2. The van der Waals surface area contributed by atoms with Crippen molar-refractivity contribution in [3.63, 3.8) is 0 Å². The number of nitrogens with zero attached hydrogens (tertiary/aromatic N) is 1. The Balaban J connectivity index is 1.67. The van der Waals surface area contributed by atoms with Gasteiger partial charge >= 0.3 is 5.97 Å². The summed E-state index contributed by atoms with van der Waals surface area (Å²) in [4.78, 5) is 24.0. The van der Waals surface area contributed by atoms with E-state index >= 15 is 0 Å². The third-order valence-corrected chi connectivity index (χ3v) is 4.30. The molecule has 1 aliphatic rings. The molecule has 0 bridgehead atoms. The highest BCUT2D eigenvalue weighted by atomic mass is 32.1. The minimum Gasteiger partial charge on any atom is -0.493 e. The smallest absolute Gasteiger partial charge is 0.353 e. The maximum Gasteiger partial charge on any atom is 0.353 e. The second kappa shape index (κ2) is 7.27. The second-order valence-corrected chi connectivity index (χ2v) is 6.23. The number of ether oxygens (including phenoxy) is 2. The molecule has 1 N–H and O–H groups in total. The molecule has 0 aliphatic heterocycles. The number of hydrogen-bond acceptors (Lipinski definition) is 6. The van der Waals surface area contributed by atoms with Crippen LogP contribution in [0.2, 0.25) is 0 Å². The lowest BCUT2D eigenvalue weighted by Crippen LogP contribution is -2.18. The van der Waals surface area contributed by atoms with Crippen molar-refractivity contribution in [2.45, 2.75) is 12.8 Å². The molecular weight excluding hydrogens is 328 g/mol. The van der Waals surface area contributed by atoms with Gasteiger partial charge in [-0.1, -0.05) is 6.07 Å². The predicted molar refractivity (Wildman–Crippen MR) is 90.7 cm³/mol. The van der Waals surface area contributed by atoms with Crippen LogP contribution >= 0.6 is 11.3 Å². The molecule has 1 amide bonds. The molecular formula is C17H16N2O4S. The first-order valence-electron chi connectivity index (χ1n) is 7.44. The molecule has 0 radical (unpaired) electrons. The van der Waals surface area contributed by atoms with Gasteiger partial charge in [0, 0.05) is 5.92 Å². The fourth-order valence-electron chi connectivity index (χ4n) is 2.00. The summed E-state index contributed by atoms with van der Waals surface area (Å²) < 4.78 is 10.6. The van der Waals surface area contributed by atoms with E-state index in [4.69, 9.17) is 9.47 Å². The lowest BCUT2D eigenvalue weighted by Gasteiger charge is -2.09. The molecule has 1 aromatic carbocycles. The standard InChI is InChI=1S/C17H16N2O4S/c1-22-14-9-11(10-18-19-16(20)12-5-6-12)4-7-13(14)23-17(21)15-3-2-8-24-15/h2-4,7-10,12H,5-6H2,1H3,(H,19,20)/b18-10+. The van der Waals surface area contributed by atoms with Crippen LogP contribution in [0.5, 0.6) is 11.5 Å². The van der Waals surface area contributed by atoms with Gasteiger partial charge in [-0.15, -0.1) is 11.3 Å². The molecule has 124 valence electrons. The Morgan fingerprint density at radius 3 is 2.79 bits per heavy atom. The number of methoxy groups -OCH3 is 1. The number of hydrazone groups is 1. The Kier molecular flexibility index (Phi) is 4.90. The van der Waals surface area contributed by atoms with Crippen LogP contribution in [0.4, 0.5) is 0 Å². The van der Waals surface area contributed by atoms with Crippen LogP contribution in [0.15, 0.2) is 40.8 Å². The Bertz CT molecular complexity index is 767. The lowest BCUT2D eigenvalue weighted by molar-refractivity contribution is -0.122. The van der Waals surface area contributed by atoms with Crippen molar-refractivity contribution in [2.24, 2.45) is 11.0 Å². The molecule has 3 rings (SSSR count). The van der Waals surface area contributed by atoms with Crippen LogP contribution in [0, 0.1) is 5.92 Å². The first-order valence-corrected chi connectivity index (χ1v) is 8.32. The second-order valence-electron chi connectivity index (χ2n) is 5.29. The van der Waals surface area contributed by atoms with Gasteiger partial charge in [-0.2, -0.15) is 5.10 Å². The molecule has 1 heterocycles. The van der Waals surface area contributed by atoms with Gasteiger partial charge in [-0.05, 0) is 48.1 Å². The highest BCUT2D eigenvalue weighted by Gasteiger charge is 2.29. The van der Waals surface area contributed by atoms with Crippen molar-refractivity contribution in [3.05, 3.63) is 46.2 Å². The van der Waals surface area contributed by atoms with Crippen molar-refractivity contribution in [1.82, 2.24) is 5.43 Å². The van der Waals surface area contributed by atoms with E-state index in [1.54, 1.807) is 30.3 Å². The summed E-state index contributed by atoms with van der Waals surface area (Å²) in [6.45, 7) is 0. The zero-order valence-electron chi connectivity index (χ0n) is 13.0. The molecule has 7 heteroatoms. The van der Waals surface area contributed by atoms with E-state index in [1.165, 1.54) is 24.7 Å². The Hall–Kier alpha value is -2.67. The van der Waals surface area contributed by atoms with Gasteiger partial charge in [0.15, 0.2) is 11.5 Å².